The summed E-state index contributed by atoms with van der Waals surface area (Å²) in [4.78, 5) is 54.7. The maximum atomic E-state index is 13.0. The highest BCUT2D eigenvalue weighted by Gasteiger charge is 2.28. The summed E-state index contributed by atoms with van der Waals surface area (Å²) in [6.07, 6.45) is 8.38. The number of carbonyl (C=O) groups excluding carboxylic acids is 2. The van der Waals surface area contributed by atoms with E-state index in [1.54, 1.807) is 40.4 Å². The second-order valence-electron chi connectivity index (χ2n) is 16.0. The first kappa shape index (κ1) is 47.8. The lowest BCUT2D eigenvalue weighted by Gasteiger charge is -2.17. The maximum absolute atomic E-state index is 13.0. The summed E-state index contributed by atoms with van der Waals surface area (Å²) in [5.74, 6) is -0.143. The first-order valence-electron chi connectivity index (χ1n) is 19.6. The number of nitrogens with zero attached hydrogens (tertiary/aromatic N) is 5. The van der Waals surface area contributed by atoms with Gasteiger partial charge >= 0.3 is 0 Å². The number of aromatic nitrogens is 6. The van der Waals surface area contributed by atoms with Crippen molar-refractivity contribution in [2.45, 2.75) is 100 Å². The molecule has 0 aliphatic heterocycles. The minimum absolute atomic E-state index is 0.0594. The van der Waals surface area contributed by atoms with E-state index in [1.165, 1.54) is 33.2 Å². The largest absolute Gasteiger partial charge is 0.329 e. The lowest BCUT2D eigenvalue weighted by molar-refractivity contribution is 0.0739. The average Bonchev–Trinajstić information content (AvgIpc) is 4.00. The zero-order valence-electron chi connectivity index (χ0n) is 34.9. The Hall–Kier alpha value is -3.88. The summed E-state index contributed by atoms with van der Waals surface area (Å²) in [6.45, 7) is 16.1. The normalized spacial score (nSPS) is 11.4. The molecule has 6 rings (SSSR count). The minimum atomic E-state index is -0.561. The Balaban J connectivity index is 0.000000240. The van der Waals surface area contributed by atoms with Gasteiger partial charge < -0.3 is 9.55 Å². The molecule has 0 saturated heterocycles. The number of halogens is 3. The van der Waals surface area contributed by atoms with Crippen LogP contribution in [0.25, 0.3) is 22.5 Å². The fourth-order valence-corrected chi connectivity index (χ4v) is 7.81. The predicted octanol–water partition coefficient (Wildman–Crippen LogP) is 11.5. The Morgan fingerprint density at radius 1 is 0.695 bits per heavy atom. The molecule has 0 spiro atoms. The van der Waals surface area contributed by atoms with Crippen LogP contribution in [0.4, 0.5) is 0 Å². The predicted molar refractivity (Wildman–Crippen MR) is 248 cm³/mol. The fourth-order valence-electron chi connectivity index (χ4n) is 5.64. The van der Waals surface area contributed by atoms with Crippen LogP contribution in [0.2, 0.25) is 8.67 Å². The van der Waals surface area contributed by atoms with Crippen molar-refractivity contribution < 1.29 is 9.59 Å². The minimum Gasteiger partial charge on any atom is -0.329 e. The van der Waals surface area contributed by atoms with Crippen molar-refractivity contribution in [2.24, 2.45) is 10.8 Å². The third kappa shape index (κ3) is 13.8. The van der Waals surface area contributed by atoms with Crippen molar-refractivity contribution in [2.75, 3.05) is 5.33 Å². The quantitative estimate of drug-likeness (QED) is 0.129. The van der Waals surface area contributed by atoms with Gasteiger partial charge in [-0.1, -0.05) is 94.5 Å². The van der Waals surface area contributed by atoms with Crippen LogP contribution in [-0.4, -0.2) is 46.3 Å². The first-order chi connectivity index (χ1) is 27.8. The second kappa shape index (κ2) is 21.6. The van der Waals surface area contributed by atoms with Gasteiger partial charge in [0.15, 0.2) is 0 Å². The van der Waals surface area contributed by atoms with Gasteiger partial charge in [-0.25, -0.2) is 9.36 Å². The van der Waals surface area contributed by atoms with Crippen LogP contribution in [0.3, 0.4) is 0 Å². The molecule has 316 valence electrons. The van der Waals surface area contributed by atoms with E-state index in [0.29, 0.717) is 36.3 Å². The Bertz CT molecular complexity index is 2440. The second-order valence-corrected chi connectivity index (χ2v) is 20.4. The Labute approximate surface area is 372 Å². The number of hydrogen-bond acceptors (Lipinski definition) is 8. The summed E-state index contributed by atoms with van der Waals surface area (Å²) in [6, 6.07) is 18.3. The van der Waals surface area contributed by atoms with Gasteiger partial charge in [-0.2, -0.15) is 10.2 Å². The van der Waals surface area contributed by atoms with E-state index in [0.717, 1.165) is 60.0 Å². The Morgan fingerprint density at radius 2 is 1.17 bits per heavy atom. The van der Waals surface area contributed by atoms with Crippen LogP contribution in [-0.2, 0) is 32.2 Å². The van der Waals surface area contributed by atoms with Crippen LogP contribution in [0, 0.1) is 10.8 Å². The Kier molecular flexibility index (Phi) is 17.5. The third-order valence-corrected chi connectivity index (χ3v) is 12.1. The molecular weight excluding hydrogens is 891 g/mol. The lowest BCUT2D eigenvalue weighted by atomic mass is 9.95. The Morgan fingerprint density at radius 3 is 1.54 bits per heavy atom. The molecular formula is C44H53BrCl2N6O4S2. The molecule has 15 heteroatoms. The van der Waals surface area contributed by atoms with E-state index in [-0.39, 0.29) is 22.9 Å². The van der Waals surface area contributed by atoms with Crippen LogP contribution < -0.4 is 11.1 Å². The topological polar surface area (TPSA) is 125 Å². The van der Waals surface area contributed by atoms with Gasteiger partial charge in [0, 0.05) is 79.5 Å². The molecule has 0 amide bonds. The van der Waals surface area contributed by atoms with E-state index in [9.17, 15) is 19.2 Å². The van der Waals surface area contributed by atoms with Gasteiger partial charge in [0.1, 0.15) is 0 Å². The van der Waals surface area contributed by atoms with E-state index >= 15 is 0 Å². The van der Waals surface area contributed by atoms with E-state index < -0.39 is 10.8 Å². The highest BCUT2D eigenvalue weighted by atomic mass is 79.9. The molecule has 1 N–H and O–H groups in total. The van der Waals surface area contributed by atoms with Crippen LogP contribution in [0.1, 0.15) is 99.0 Å². The molecule has 59 heavy (non-hydrogen) atoms. The molecule has 0 aliphatic carbocycles. The molecule has 0 saturated carbocycles. The average molecular weight is 945 g/mol. The number of carbonyl (C=O) groups is 2. The number of H-pyrrole nitrogens is 1. The van der Waals surface area contributed by atoms with Crippen molar-refractivity contribution in [3.63, 3.8) is 0 Å². The van der Waals surface area contributed by atoms with Crippen molar-refractivity contribution >= 4 is 73.6 Å². The number of pyridine rings is 2. The summed E-state index contributed by atoms with van der Waals surface area (Å²) in [5.41, 5.74) is 2.96. The van der Waals surface area contributed by atoms with Gasteiger partial charge in [0.25, 0.3) is 17.4 Å². The van der Waals surface area contributed by atoms with E-state index in [1.807, 2.05) is 90.9 Å². The van der Waals surface area contributed by atoms with Crippen LogP contribution in [0.5, 0.6) is 0 Å². The zero-order valence-corrected chi connectivity index (χ0v) is 39.6. The summed E-state index contributed by atoms with van der Waals surface area (Å²) < 4.78 is 6.17. The standard InChI is InChI=1S/C22H26ClN3O2S.C19H20ClN3O2S.C3H7Br/c1-5-11-25-12-10-15(13-20(25)27)18-14-16(6-7-17-8-9-19(23)29-17)26(24-18)21(28)22(2,3)4;1-19(2,3)18(25)23-13(4-5-14-6-7-16(20)26-14)11-15(22-23)12-8-9-21-17(24)10-12;1-2-3-4/h8-10,12-14H,5-7,11H2,1-4H3;6-11H,4-5H2,1-3H3,(H,21,24);2-3H2,1H3. The van der Waals surface area contributed by atoms with Crippen LogP contribution in [0.15, 0.2) is 82.6 Å². The molecule has 0 fully saturated rings. The molecule has 6 aromatic rings. The summed E-state index contributed by atoms with van der Waals surface area (Å²) in [7, 11) is 0. The third-order valence-electron chi connectivity index (χ3n) is 8.76. The van der Waals surface area contributed by atoms with Gasteiger partial charge in [-0.05, 0) is 87.1 Å². The van der Waals surface area contributed by atoms with Crippen molar-refractivity contribution in [3.8, 4) is 22.5 Å². The van der Waals surface area contributed by atoms with Crippen molar-refractivity contribution in [3.05, 3.63) is 124 Å². The monoisotopic (exact) mass is 942 g/mol. The zero-order chi connectivity index (χ0) is 43.5. The molecule has 0 radical (unpaired) electrons. The number of thiophene rings is 2. The molecule has 0 unspecified atom stereocenters. The highest BCUT2D eigenvalue weighted by Crippen LogP contribution is 2.28. The SMILES string of the molecule is CC(C)(C)C(=O)n1nc(-c2cc[nH]c(=O)c2)cc1CCc1ccc(Cl)s1.CCCBr.CCCn1ccc(-c2cc(CCc3ccc(Cl)s3)n(C(=O)C(C)(C)C)n2)cc1=O. The number of aromatic amines is 1. The van der Waals surface area contributed by atoms with Crippen LogP contribution >= 0.6 is 61.8 Å². The van der Waals surface area contributed by atoms with Gasteiger partial charge in [-0.15, -0.1) is 22.7 Å². The number of alkyl halides is 1. The molecule has 6 heterocycles. The molecule has 0 atom stereocenters. The van der Waals surface area contributed by atoms with Gasteiger partial charge in [0.05, 0.1) is 20.1 Å². The van der Waals surface area contributed by atoms with Gasteiger partial charge in [-0.3, -0.25) is 19.2 Å². The van der Waals surface area contributed by atoms with Crippen molar-refractivity contribution in [1.29, 1.82) is 0 Å². The molecule has 6 aromatic heterocycles. The number of nitrogens with one attached hydrogen (secondary N) is 1. The lowest BCUT2D eigenvalue weighted by Crippen LogP contribution is -2.29. The molecule has 10 nitrogen and oxygen atoms in total. The molecule has 0 aromatic carbocycles. The summed E-state index contributed by atoms with van der Waals surface area (Å²) >= 11 is 18.4. The number of aryl methyl sites for hydroxylation is 5. The van der Waals surface area contributed by atoms with E-state index in [2.05, 4.69) is 38.0 Å². The molecule has 0 bridgehead atoms. The molecule has 0 aliphatic rings. The first-order valence-corrected chi connectivity index (χ1v) is 23.1. The van der Waals surface area contributed by atoms with E-state index in [4.69, 9.17) is 23.2 Å². The fraction of sp³-hybridized carbons (Fsp3) is 0.409. The van der Waals surface area contributed by atoms with Crippen molar-refractivity contribution in [1.82, 2.24) is 29.1 Å². The number of hydrogen-bond donors (Lipinski definition) is 1. The summed E-state index contributed by atoms with van der Waals surface area (Å²) in [5, 5.41) is 10.2. The number of rotatable bonds is 11. The highest BCUT2D eigenvalue weighted by molar-refractivity contribution is 9.09. The maximum Gasteiger partial charge on any atom is 0.252 e. The van der Waals surface area contributed by atoms with Gasteiger partial charge in [0.2, 0.25) is 5.56 Å². The smallest absolute Gasteiger partial charge is 0.252 e.